The topological polar surface area (TPSA) is 91.8 Å². The maximum Gasteiger partial charge on any atom is 0.280 e. The van der Waals surface area contributed by atoms with Crippen LogP contribution < -0.4 is 15.8 Å². The van der Waals surface area contributed by atoms with Gasteiger partial charge in [-0.2, -0.15) is 10.2 Å². The summed E-state index contributed by atoms with van der Waals surface area (Å²) < 4.78 is 3.26. The Morgan fingerprint density at radius 1 is 1.19 bits per heavy atom. The minimum atomic E-state index is -0.235. The van der Waals surface area contributed by atoms with E-state index in [1.807, 2.05) is 41.0 Å². The molecule has 0 aliphatic carbocycles. The number of fused-ring (bicyclic) bond motifs is 1. The average molecular weight is 349 g/mol. The van der Waals surface area contributed by atoms with E-state index in [0.717, 1.165) is 37.7 Å². The Hall–Kier alpha value is -3.18. The van der Waals surface area contributed by atoms with Crippen molar-refractivity contribution in [3.63, 3.8) is 0 Å². The van der Waals surface area contributed by atoms with Crippen molar-refractivity contribution in [2.24, 2.45) is 0 Å². The number of rotatable bonds is 4. The van der Waals surface area contributed by atoms with Crippen molar-refractivity contribution in [2.75, 3.05) is 31.1 Å². The normalized spacial score (nSPS) is 14.5. The van der Waals surface area contributed by atoms with Crippen molar-refractivity contribution in [3.8, 4) is 6.07 Å². The van der Waals surface area contributed by atoms with Crippen LogP contribution in [0.2, 0.25) is 0 Å². The largest absolute Gasteiger partial charge is 0.340 e. The van der Waals surface area contributed by atoms with Gasteiger partial charge in [0.05, 0.1) is 12.6 Å². The summed E-state index contributed by atoms with van der Waals surface area (Å²) in [4.78, 5) is 24.0. The number of aromatic nitrogens is 4. The number of nitriles is 1. The quantitative estimate of drug-likeness (QED) is 0.741. The molecule has 3 aromatic rings. The van der Waals surface area contributed by atoms with E-state index in [9.17, 15) is 4.79 Å². The highest BCUT2D eigenvalue weighted by molar-refractivity contribution is 5.74. The van der Waals surface area contributed by atoms with Crippen molar-refractivity contribution in [1.82, 2.24) is 24.4 Å². The van der Waals surface area contributed by atoms with E-state index in [2.05, 4.69) is 20.2 Å². The fourth-order valence-electron chi connectivity index (χ4n) is 3.25. The van der Waals surface area contributed by atoms with Crippen molar-refractivity contribution < 1.29 is 0 Å². The molecular formula is C18H19N7O. The second-order valence-corrected chi connectivity index (χ2v) is 6.23. The van der Waals surface area contributed by atoms with Crippen LogP contribution in [-0.2, 0) is 13.1 Å². The lowest BCUT2D eigenvalue weighted by molar-refractivity contribution is 0.571. The highest BCUT2D eigenvalue weighted by Crippen LogP contribution is 2.21. The van der Waals surface area contributed by atoms with Gasteiger partial charge in [0.2, 0.25) is 5.95 Å². The van der Waals surface area contributed by atoms with Gasteiger partial charge in [0.25, 0.3) is 5.56 Å². The van der Waals surface area contributed by atoms with Crippen molar-refractivity contribution in [2.45, 2.75) is 13.1 Å². The molecule has 0 unspecified atom stereocenters. The molecule has 0 spiro atoms. The van der Waals surface area contributed by atoms with Crippen LogP contribution in [0.5, 0.6) is 0 Å². The molecule has 2 aromatic heterocycles. The Kier molecular flexibility index (Phi) is 4.37. The second-order valence-electron chi connectivity index (χ2n) is 6.23. The lowest BCUT2D eigenvalue weighted by Crippen LogP contribution is -2.44. The Morgan fingerprint density at radius 2 is 1.96 bits per heavy atom. The monoisotopic (exact) mass is 349 g/mol. The van der Waals surface area contributed by atoms with Crippen LogP contribution in [0.1, 0.15) is 5.56 Å². The molecule has 0 atom stereocenters. The number of piperazine rings is 1. The van der Waals surface area contributed by atoms with Gasteiger partial charge < -0.3 is 10.2 Å². The third kappa shape index (κ3) is 2.93. The number of nitrogens with one attached hydrogen (secondary N) is 1. The summed E-state index contributed by atoms with van der Waals surface area (Å²) in [7, 11) is 0. The van der Waals surface area contributed by atoms with Gasteiger partial charge in [-0.15, -0.1) is 0 Å². The minimum absolute atomic E-state index is 0.0265. The van der Waals surface area contributed by atoms with E-state index >= 15 is 0 Å². The third-order valence-electron chi connectivity index (χ3n) is 4.54. The number of nitrogens with zero attached hydrogens (tertiary/aromatic N) is 6. The number of benzene rings is 1. The van der Waals surface area contributed by atoms with Gasteiger partial charge in [0.1, 0.15) is 12.9 Å². The number of hydrogen-bond donors (Lipinski definition) is 1. The summed E-state index contributed by atoms with van der Waals surface area (Å²) in [6.07, 6.45) is 1.40. The number of hydrogen-bond acceptors (Lipinski definition) is 6. The summed E-state index contributed by atoms with van der Waals surface area (Å²) in [5.41, 5.74) is 1.72. The molecule has 3 heterocycles. The summed E-state index contributed by atoms with van der Waals surface area (Å²) in [5, 5.41) is 12.3. The Labute approximate surface area is 150 Å². The third-order valence-corrected chi connectivity index (χ3v) is 4.54. The zero-order valence-corrected chi connectivity index (χ0v) is 14.3. The summed E-state index contributed by atoms with van der Waals surface area (Å²) in [5.74, 6) is 0.754. The Bertz CT molecular complexity index is 1010. The molecule has 8 nitrogen and oxygen atoms in total. The highest BCUT2D eigenvalue weighted by atomic mass is 16.1. The lowest BCUT2D eigenvalue weighted by Gasteiger charge is -2.28. The fourth-order valence-corrected chi connectivity index (χ4v) is 3.25. The molecule has 0 bridgehead atoms. The zero-order chi connectivity index (χ0) is 17.9. The lowest BCUT2D eigenvalue weighted by atomic mass is 10.2. The molecule has 1 saturated heterocycles. The van der Waals surface area contributed by atoms with Crippen LogP contribution in [0.4, 0.5) is 5.95 Å². The van der Waals surface area contributed by atoms with Crippen molar-refractivity contribution >= 4 is 17.1 Å². The first-order chi connectivity index (χ1) is 12.8. The molecule has 1 N–H and O–H groups in total. The standard InChI is InChI=1S/C18H19N7O/c19-6-9-24-13-21-16-15(17(24)26)25(12-14-4-2-1-3-5-14)18(22-16)23-10-7-20-8-11-23/h1-5,13,20H,7-12H2. The molecule has 26 heavy (non-hydrogen) atoms. The minimum Gasteiger partial charge on any atom is -0.340 e. The van der Waals surface area contributed by atoms with Gasteiger partial charge in [-0.25, -0.2) is 4.98 Å². The molecule has 0 radical (unpaired) electrons. The van der Waals surface area contributed by atoms with Crippen LogP contribution in [0.3, 0.4) is 0 Å². The molecule has 8 heteroatoms. The summed E-state index contributed by atoms with van der Waals surface area (Å²) in [6, 6.07) is 12.0. The smallest absolute Gasteiger partial charge is 0.280 e. The predicted octanol–water partition coefficient (Wildman–Crippen LogP) is 0.574. The molecule has 1 aliphatic rings. The molecule has 1 fully saturated rings. The zero-order valence-electron chi connectivity index (χ0n) is 14.3. The first kappa shape index (κ1) is 16.3. The SMILES string of the molecule is N#CCn1cnc2nc(N3CCNCC3)n(Cc3ccccc3)c2c1=O. The average Bonchev–Trinajstić information content (AvgIpc) is 3.05. The van der Waals surface area contributed by atoms with E-state index in [-0.39, 0.29) is 12.1 Å². The van der Waals surface area contributed by atoms with Gasteiger partial charge in [0.15, 0.2) is 11.2 Å². The van der Waals surface area contributed by atoms with E-state index in [0.29, 0.717) is 17.7 Å². The summed E-state index contributed by atoms with van der Waals surface area (Å²) in [6.45, 7) is 3.90. The van der Waals surface area contributed by atoms with Gasteiger partial charge in [0, 0.05) is 26.2 Å². The number of imidazole rings is 1. The van der Waals surface area contributed by atoms with Gasteiger partial charge in [-0.3, -0.25) is 13.9 Å². The van der Waals surface area contributed by atoms with E-state index in [4.69, 9.17) is 5.26 Å². The highest BCUT2D eigenvalue weighted by Gasteiger charge is 2.22. The van der Waals surface area contributed by atoms with Gasteiger partial charge in [-0.05, 0) is 5.56 Å². The summed E-state index contributed by atoms with van der Waals surface area (Å²) >= 11 is 0. The van der Waals surface area contributed by atoms with Crippen molar-refractivity contribution in [3.05, 3.63) is 52.6 Å². The first-order valence-corrected chi connectivity index (χ1v) is 8.60. The van der Waals surface area contributed by atoms with Crippen LogP contribution in [-0.4, -0.2) is 45.3 Å². The predicted molar refractivity (Wildman–Crippen MR) is 98.0 cm³/mol. The van der Waals surface area contributed by atoms with Crippen LogP contribution in [0.15, 0.2) is 41.5 Å². The molecule has 1 aliphatic heterocycles. The number of anilines is 1. The van der Waals surface area contributed by atoms with Gasteiger partial charge in [-0.1, -0.05) is 30.3 Å². The fraction of sp³-hybridized carbons (Fsp3) is 0.333. The first-order valence-electron chi connectivity index (χ1n) is 8.60. The van der Waals surface area contributed by atoms with E-state index < -0.39 is 0 Å². The Morgan fingerprint density at radius 3 is 2.69 bits per heavy atom. The Balaban J connectivity index is 1.89. The van der Waals surface area contributed by atoms with Crippen LogP contribution in [0, 0.1) is 11.3 Å². The maximum atomic E-state index is 12.9. The van der Waals surface area contributed by atoms with Crippen LogP contribution >= 0.6 is 0 Å². The molecule has 0 amide bonds. The maximum absolute atomic E-state index is 12.9. The molecule has 4 rings (SSSR count). The van der Waals surface area contributed by atoms with Gasteiger partial charge >= 0.3 is 0 Å². The van der Waals surface area contributed by atoms with E-state index in [1.54, 1.807) is 0 Å². The molecule has 0 saturated carbocycles. The molecule has 132 valence electrons. The van der Waals surface area contributed by atoms with Crippen molar-refractivity contribution in [1.29, 1.82) is 5.26 Å². The second kappa shape index (κ2) is 6.98. The van der Waals surface area contributed by atoms with E-state index in [1.165, 1.54) is 10.9 Å². The molecule has 1 aromatic carbocycles. The molecular weight excluding hydrogens is 330 g/mol. The van der Waals surface area contributed by atoms with Crippen LogP contribution in [0.25, 0.3) is 11.2 Å².